The lowest BCUT2D eigenvalue weighted by atomic mass is 9.98. The molecule has 156 valence electrons. The average Bonchev–Trinajstić information content (AvgIpc) is 3.25. The fourth-order valence-electron chi connectivity index (χ4n) is 3.91. The number of imidazole rings is 1. The molecule has 1 amide bonds. The second kappa shape index (κ2) is 6.79. The van der Waals surface area contributed by atoms with Gasteiger partial charge in [-0.1, -0.05) is 0 Å². The predicted molar refractivity (Wildman–Crippen MR) is 107 cm³/mol. The number of fused-ring (bicyclic) bond motifs is 3. The largest absolute Gasteiger partial charge is 0.491 e. The number of primary amides is 1. The van der Waals surface area contributed by atoms with Crippen LogP contribution >= 0.6 is 0 Å². The van der Waals surface area contributed by atoms with E-state index in [2.05, 4.69) is 5.32 Å². The summed E-state index contributed by atoms with van der Waals surface area (Å²) in [4.78, 5) is 29.4. The van der Waals surface area contributed by atoms with Crippen LogP contribution in [0.1, 0.15) is 6.92 Å². The van der Waals surface area contributed by atoms with Crippen molar-refractivity contribution in [3.8, 4) is 17.1 Å². The zero-order valence-electron chi connectivity index (χ0n) is 16.4. The van der Waals surface area contributed by atoms with Crippen LogP contribution in [0.15, 0.2) is 30.3 Å². The highest BCUT2D eigenvalue weighted by molar-refractivity contribution is 5.83. The Labute approximate surface area is 172 Å². The first kappa shape index (κ1) is 18.5. The van der Waals surface area contributed by atoms with Crippen LogP contribution in [0, 0.1) is 0 Å². The number of benzene rings is 1. The van der Waals surface area contributed by atoms with E-state index in [4.69, 9.17) is 24.9 Å². The molecule has 0 bridgehead atoms. The summed E-state index contributed by atoms with van der Waals surface area (Å²) in [5.74, 6) is 3.55. The van der Waals surface area contributed by atoms with E-state index in [1.165, 1.54) is 0 Å². The van der Waals surface area contributed by atoms with Gasteiger partial charge in [0.2, 0.25) is 5.91 Å². The standard InChI is InChI=1S/C20H21N5O5/c1-12(18(21)27)22-13-2-3-14-15(6-13)29-5-4-24-7-16(23-19(14)24)25-17(8-26)30-11-20(25)9-28-10-20/h2-3,6-7,12,22H,4-5,9-11H2,1H3,(H2,21,27)/t12-/m0/s1. The molecule has 3 aliphatic heterocycles. The third-order valence-electron chi connectivity index (χ3n) is 5.60. The minimum atomic E-state index is -0.507. The quantitative estimate of drug-likeness (QED) is 0.698. The smallest absolute Gasteiger partial charge is 0.284 e. The van der Waals surface area contributed by atoms with Crippen molar-refractivity contribution < 1.29 is 23.8 Å². The van der Waals surface area contributed by atoms with E-state index < -0.39 is 17.5 Å². The normalized spacial score (nSPS) is 19.5. The number of nitrogens with one attached hydrogen (secondary N) is 1. The SMILES string of the molecule is C[C@H](Nc1ccc2c(c1)OCCn1cc(N3C(=C=O)OCC34COC4)nc1-2)C(N)=O. The van der Waals surface area contributed by atoms with E-state index in [1.54, 1.807) is 11.8 Å². The Kier molecular flexibility index (Phi) is 4.19. The summed E-state index contributed by atoms with van der Waals surface area (Å²) in [6.45, 7) is 4.04. The number of hydrogen-bond acceptors (Lipinski definition) is 8. The molecule has 2 saturated heterocycles. The minimum Gasteiger partial charge on any atom is -0.491 e. The van der Waals surface area contributed by atoms with Crippen molar-refractivity contribution in [1.82, 2.24) is 9.55 Å². The van der Waals surface area contributed by atoms with Crippen LogP contribution < -0.4 is 20.7 Å². The molecule has 1 aromatic heterocycles. The molecule has 1 spiro atoms. The molecule has 2 fully saturated rings. The van der Waals surface area contributed by atoms with Gasteiger partial charge >= 0.3 is 0 Å². The zero-order chi connectivity index (χ0) is 20.9. The van der Waals surface area contributed by atoms with Crippen LogP contribution in [-0.2, 0) is 25.6 Å². The van der Waals surface area contributed by atoms with Crippen LogP contribution in [0.2, 0.25) is 0 Å². The fourth-order valence-corrected chi connectivity index (χ4v) is 3.91. The molecule has 10 heteroatoms. The summed E-state index contributed by atoms with van der Waals surface area (Å²) in [5.41, 5.74) is 6.46. The maximum absolute atomic E-state index is 11.4. The molecule has 0 saturated carbocycles. The number of rotatable bonds is 4. The zero-order valence-corrected chi connectivity index (χ0v) is 16.4. The van der Waals surface area contributed by atoms with E-state index in [0.29, 0.717) is 44.5 Å². The van der Waals surface area contributed by atoms with E-state index >= 15 is 0 Å². The molecule has 0 unspecified atom stereocenters. The van der Waals surface area contributed by atoms with Crippen molar-refractivity contribution in [2.45, 2.75) is 25.0 Å². The average molecular weight is 411 g/mol. The van der Waals surface area contributed by atoms with Gasteiger partial charge in [-0.25, -0.2) is 9.78 Å². The first-order valence-electron chi connectivity index (χ1n) is 9.67. The summed E-state index contributed by atoms with van der Waals surface area (Å²) in [5, 5.41) is 3.06. The molecule has 3 aliphatic rings. The third-order valence-corrected chi connectivity index (χ3v) is 5.60. The molecule has 3 N–H and O–H groups in total. The Balaban J connectivity index is 1.52. The van der Waals surface area contributed by atoms with Crippen LogP contribution in [0.5, 0.6) is 5.75 Å². The first-order valence-corrected chi connectivity index (χ1v) is 9.67. The Bertz CT molecular complexity index is 1070. The second-order valence-corrected chi connectivity index (χ2v) is 7.69. The fraction of sp³-hybridized carbons (Fsp3) is 0.400. The van der Waals surface area contributed by atoms with Crippen molar-refractivity contribution >= 4 is 23.4 Å². The molecular formula is C20H21N5O5. The highest BCUT2D eigenvalue weighted by Crippen LogP contribution is 2.41. The third kappa shape index (κ3) is 2.80. The molecule has 0 aliphatic carbocycles. The number of hydrogen-bond donors (Lipinski definition) is 2. The van der Waals surface area contributed by atoms with E-state index in [0.717, 1.165) is 17.1 Å². The summed E-state index contributed by atoms with van der Waals surface area (Å²) >= 11 is 0. The van der Waals surface area contributed by atoms with Crippen LogP contribution in [-0.4, -0.2) is 59.4 Å². The molecule has 1 atom stereocenters. The van der Waals surface area contributed by atoms with Crippen molar-refractivity contribution in [3.05, 3.63) is 30.3 Å². The number of nitrogens with zero attached hydrogens (tertiary/aromatic N) is 3. The molecule has 0 radical (unpaired) electrons. The maximum Gasteiger partial charge on any atom is 0.284 e. The number of nitrogens with two attached hydrogens (primary N) is 1. The first-order chi connectivity index (χ1) is 14.5. The van der Waals surface area contributed by atoms with E-state index in [-0.39, 0.29) is 5.88 Å². The summed E-state index contributed by atoms with van der Waals surface area (Å²) in [7, 11) is 0. The monoisotopic (exact) mass is 411 g/mol. The minimum absolute atomic E-state index is 0.128. The predicted octanol–water partition coefficient (Wildman–Crippen LogP) is 0.507. The number of carbonyl (C=O) groups excluding carboxylic acids is 2. The van der Waals surface area contributed by atoms with Gasteiger partial charge in [-0.3, -0.25) is 9.69 Å². The van der Waals surface area contributed by atoms with Gasteiger partial charge in [0.25, 0.3) is 5.88 Å². The van der Waals surface area contributed by atoms with Crippen molar-refractivity contribution in [2.24, 2.45) is 5.73 Å². The second-order valence-electron chi connectivity index (χ2n) is 7.69. The molecule has 1 aromatic carbocycles. The Hall–Kier alpha value is -3.49. The highest BCUT2D eigenvalue weighted by atomic mass is 16.5. The summed E-state index contributed by atoms with van der Waals surface area (Å²) in [6.07, 6.45) is 1.89. The van der Waals surface area contributed by atoms with E-state index in [1.807, 2.05) is 34.9 Å². The number of ether oxygens (including phenoxy) is 3. The van der Waals surface area contributed by atoms with Crippen molar-refractivity contribution in [1.29, 1.82) is 0 Å². The lowest BCUT2D eigenvalue weighted by molar-refractivity contribution is -0.118. The van der Waals surface area contributed by atoms with Gasteiger partial charge < -0.3 is 29.8 Å². The lowest BCUT2D eigenvalue weighted by Crippen LogP contribution is -2.60. The van der Waals surface area contributed by atoms with Gasteiger partial charge in [0.15, 0.2) is 11.8 Å². The molecule has 30 heavy (non-hydrogen) atoms. The Morgan fingerprint density at radius 1 is 1.33 bits per heavy atom. The van der Waals surface area contributed by atoms with Crippen molar-refractivity contribution in [3.63, 3.8) is 0 Å². The summed E-state index contributed by atoms with van der Waals surface area (Å²) < 4.78 is 18.8. The van der Waals surface area contributed by atoms with Gasteiger partial charge in [0, 0.05) is 18.0 Å². The summed E-state index contributed by atoms with van der Waals surface area (Å²) in [6, 6.07) is 5.06. The van der Waals surface area contributed by atoms with Gasteiger partial charge in [-0.15, -0.1) is 0 Å². The number of carbonyl (C=O) groups is 1. The van der Waals surface area contributed by atoms with E-state index in [9.17, 15) is 9.59 Å². The molecule has 5 rings (SSSR count). The maximum atomic E-state index is 11.4. The highest BCUT2D eigenvalue weighted by Gasteiger charge is 2.53. The Morgan fingerprint density at radius 3 is 2.87 bits per heavy atom. The number of amides is 1. The van der Waals surface area contributed by atoms with Gasteiger partial charge in [0.1, 0.15) is 36.4 Å². The van der Waals surface area contributed by atoms with Crippen LogP contribution in [0.25, 0.3) is 11.4 Å². The van der Waals surface area contributed by atoms with Gasteiger partial charge in [-0.05, 0) is 19.1 Å². The number of aromatic nitrogens is 2. The van der Waals surface area contributed by atoms with Crippen LogP contribution in [0.3, 0.4) is 0 Å². The molecule has 4 heterocycles. The van der Waals surface area contributed by atoms with Crippen molar-refractivity contribution in [2.75, 3.05) is 36.6 Å². The topological polar surface area (TPSA) is 121 Å². The number of anilines is 2. The lowest BCUT2D eigenvalue weighted by Gasteiger charge is -2.41. The molecule has 2 aromatic rings. The van der Waals surface area contributed by atoms with Crippen LogP contribution in [0.4, 0.5) is 11.5 Å². The van der Waals surface area contributed by atoms with Gasteiger partial charge in [0.05, 0.1) is 25.3 Å². The Morgan fingerprint density at radius 2 is 2.17 bits per heavy atom. The van der Waals surface area contributed by atoms with Gasteiger partial charge in [-0.2, -0.15) is 0 Å². The molecular weight excluding hydrogens is 390 g/mol. The molecule has 10 nitrogen and oxygen atoms in total.